The minimum absolute atomic E-state index is 0.0221. The molecule has 0 radical (unpaired) electrons. The van der Waals surface area contributed by atoms with E-state index in [1.165, 1.54) is 12.1 Å². The maximum absolute atomic E-state index is 11.8. The smallest absolute Gasteiger partial charge is 0.355 e. The van der Waals surface area contributed by atoms with Gasteiger partial charge in [0.15, 0.2) is 5.78 Å². The Bertz CT molecular complexity index is 722. The Labute approximate surface area is 121 Å². The van der Waals surface area contributed by atoms with E-state index in [0.29, 0.717) is 0 Å². The van der Waals surface area contributed by atoms with Gasteiger partial charge in [-0.25, -0.2) is 4.79 Å². The van der Waals surface area contributed by atoms with Gasteiger partial charge in [0.05, 0.1) is 12.2 Å². The first-order valence-corrected chi connectivity index (χ1v) is 7.59. The normalized spacial score (nSPS) is 16.6. The highest BCUT2D eigenvalue weighted by atomic mass is 32.2. The highest BCUT2D eigenvalue weighted by Crippen LogP contribution is 2.27. The second-order valence-electron chi connectivity index (χ2n) is 4.23. The predicted octanol–water partition coefficient (Wildman–Crippen LogP) is 0.673. The van der Waals surface area contributed by atoms with E-state index in [1.54, 1.807) is 19.1 Å². The van der Waals surface area contributed by atoms with Gasteiger partial charge in [-0.05, 0) is 26.0 Å². The molecule has 7 nitrogen and oxygen atoms in total. The van der Waals surface area contributed by atoms with Crippen molar-refractivity contribution in [2.24, 2.45) is 4.40 Å². The van der Waals surface area contributed by atoms with Crippen LogP contribution in [0, 0.1) is 0 Å². The van der Waals surface area contributed by atoms with Crippen molar-refractivity contribution in [2.75, 3.05) is 6.61 Å². The summed E-state index contributed by atoms with van der Waals surface area (Å²) in [5.41, 5.74) is 0.216. The van der Waals surface area contributed by atoms with Crippen molar-refractivity contribution in [2.45, 2.75) is 24.8 Å². The number of fused-ring (bicyclic) bond motifs is 1. The van der Waals surface area contributed by atoms with E-state index in [9.17, 15) is 18.0 Å². The van der Waals surface area contributed by atoms with Crippen LogP contribution in [0.2, 0.25) is 0 Å². The zero-order chi connectivity index (χ0) is 15.6. The molecule has 1 unspecified atom stereocenters. The Morgan fingerprint density at radius 1 is 1.29 bits per heavy atom. The molecule has 1 aromatic rings. The van der Waals surface area contributed by atoms with Crippen LogP contribution in [0.5, 0.6) is 0 Å². The minimum Gasteiger partial charge on any atom is -0.463 e. The summed E-state index contributed by atoms with van der Waals surface area (Å²) in [7, 11) is -3.86. The zero-order valence-electron chi connectivity index (χ0n) is 11.4. The number of Topliss-reactive ketones (excluding diaryl/α,β-unsaturated/α-hetero) is 1. The van der Waals surface area contributed by atoms with E-state index in [-0.39, 0.29) is 23.0 Å². The lowest BCUT2D eigenvalue weighted by Gasteiger charge is -2.14. The number of hydrogen-bond donors (Lipinski definition) is 0. The second-order valence-corrected chi connectivity index (χ2v) is 5.80. The first kappa shape index (κ1) is 15.2. The first-order valence-electron chi connectivity index (χ1n) is 6.15. The van der Waals surface area contributed by atoms with Gasteiger partial charge < -0.3 is 9.47 Å². The number of ether oxygens (including phenoxy) is 2. The summed E-state index contributed by atoms with van der Waals surface area (Å²) in [6.07, 6.45) is -1.54. The molecule has 1 aliphatic rings. The summed E-state index contributed by atoms with van der Waals surface area (Å²) in [5.74, 6) is -1.76. The molecule has 8 heteroatoms. The van der Waals surface area contributed by atoms with Gasteiger partial charge in [-0.1, -0.05) is 12.1 Å². The molecule has 0 aliphatic carbocycles. The molecule has 0 spiro atoms. The second kappa shape index (κ2) is 5.65. The third-order valence-electron chi connectivity index (χ3n) is 2.70. The number of benzene rings is 1. The summed E-state index contributed by atoms with van der Waals surface area (Å²) >= 11 is 0. The highest BCUT2D eigenvalue weighted by molar-refractivity contribution is 7.90. The van der Waals surface area contributed by atoms with Crippen molar-refractivity contribution in [3.8, 4) is 0 Å². The van der Waals surface area contributed by atoms with Crippen LogP contribution in [-0.4, -0.2) is 38.8 Å². The van der Waals surface area contributed by atoms with Crippen LogP contribution in [-0.2, 0) is 29.1 Å². The van der Waals surface area contributed by atoms with Gasteiger partial charge in [0.25, 0.3) is 16.1 Å². The van der Waals surface area contributed by atoms with Gasteiger partial charge in [0, 0.05) is 0 Å². The van der Waals surface area contributed by atoms with Crippen LogP contribution in [0.4, 0.5) is 0 Å². The van der Waals surface area contributed by atoms with Crippen LogP contribution in [0.3, 0.4) is 0 Å². The molecule has 0 N–H and O–H groups in total. The van der Waals surface area contributed by atoms with Gasteiger partial charge in [0.2, 0.25) is 5.90 Å². The van der Waals surface area contributed by atoms with Gasteiger partial charge in [-0.3, -0.25) is 4.79 Å². The molecule has 0 fully saturated rings. The summed E-state index contributed by atoms with van der Waals surface area (Å²) in [6.45, 7) is 2.81. The fourth-order valence-electron chi connectivity index (χ4n) is 1.79. The van der Waals surface area contributed by atoms with E-state index in [0.717, 1.165) is 6.92 Å². The zero-order valence-corrected chi connectivity index (χ0v) is 12.2. The Kier molecular flexibility index (Phi) is 4.08. The quantitative estimate of drug-likeness (QED) is 0.598. The lowest BCUT2D eigenvalue weighted by molar-refractivity contribution is -0.155. The van der Waals surface area contributed by atoms with E-state index >= 15 is 0 Å². The molecule has 0 amide bonds. The number of sulfonamides is 1. The maximum Gasteiger partial charge on any atom is 0.355 e. The predicted molar refractivity (Wildman–Crippen MR) is 72.4 cm³/mol. The molecule has 21 heavy (non-hydrogen) atoms. The van der Waals surface area contributed by atoms with Crippen molar-refractivity contribution in [3.63, 3.8) is 0 Å². The average Bonchev–Trinajstić information content (AvgIpc) is 2.68. The summed E-state index contributed by atoms with van der Waals surface area (Å²) in [6, 6.07) is 6.01. The number of hydrogen-bond acceptors (Lipinski definition) is 6. The van der Waals surface area contributed by atoms with Crippen LogP contribution in [0.1, 0.15) is 19.4 Å². The average molecular weight is 311 g/mol. The molecule has 0 saturated carbocycles. The number of rotatable bonds is 4. The molecule has 2 rings (SSSR count). The molecule has 0 bridgehead atoms. The summed E-state index contributed by atoms with van der Waals surface area (Å²) in [4.78, 5) is 23.1. The Hall–Kier alpha value is -2.22. The molecule has 1 atom stereocenters. The molecule has 112 valence electrons. The van der Waals surface area contributed by atoms with Crippen molar-refractivity contribution in [1.29, 1.82) is 0 Å². The first-order chi connectivity index (χ1) is 9.86. The largest absolute Gasteiger partial charge is 0.463 e. The Morgan fingerprint density at radius 3 is 2.57 bits per heavy atom. The van der Waals surface area contributed by atoms with E-state index in [1.807, 2.05) is 0 Å². The number of carbonyl (C=O) groups is 2. The minimum atomic E-state index is -3.86. The summed E-state index contributed by atoms with van der Waals surface area (Å²) in [5, 5.41) is 0. The molecule has 1 aromatic carbocycles. The van der Waals surface area contributed by atoms with Crippen LogP contribution in [0.25, 0.3) is 0 Å². The molecule has 0 aromatic heterocycles. The van der Waals surface area contributed by atoms with Crippen molar-refractivity contribution in [3.05, 3.63) is 29.8 Å². The van der Waals surface area contributed by atoms with Gasteiger partial charge in [-0.15, -0.1) is 4.40 Å². The van der Waals surface area contributed by atoms with Crippen LogP contribution >= 0.6 is 0 Å². The van der Waals surface area contributed by atoms with Gasteiger partial charge in [-0.2, -0.15) is 8.42 Å². The lowest BCUT2D eigenvalue weighted by Crippen LogP contribution is -2.35. The summed E-state index contributed by atoms with van der Waals surface area (Å²) < 4.78 is 37.1. The van der Waals surface area contributed by atoms with Gasteiger partial charge in [0.1, 0.15) is 4.90 Å². The van der Waals surface area contributed by atoms with Gasteiger partial charge >= 0.3 is 5.97 Å². The number of nitrogens with zero attached hydrogens (tertiary/aromatic N) is 1. The number of esters is 1. The SMILES string of the molecule is CCOC(=O)C(OC1=NS(=O)(=O)c2ccccc21)C(C)=O. The molecular formula is C13H13NO6S. The Morgan fingerprint density at radius 2 is 1.95 bits per heavy atom. The topological polar surface area (TPSA) is 99.1 Å². The molecule has 1 aliphatic heterocycles. The highest BCUT2D eigenvalue weighted by Gasteiger charge is 2.35. The molecular weight excluding hydrogens is 298 g/mol. The lowest BCUT2D eigenvalue weighted by atomic mass is 10.2. The van der Waals surface area contributed by atoms with Crippen LogP contribution < -0.4 is 0 Å². The third kappa shape index (κ3) is 2.94. The van der Waals surface area contributed by atoms with Crippen molar-refractivity contribution < 1.29 is 27.5 Å². The monoisotopic (exact) mass is 311 g/mol. The van der Waals surface area contributed by atoms with E-state index in [2.05, 4.69) is 4.40 Å². The van der Waals surface area contributed by atoms with E-state index < -0.39 is 27.9 Å². The fraction of sp³-hybridized carbons (Fsp3) is 0.308. The Balaban J connectivity index is 2.35. The third-order valence-corrected chi connectivity index (χ3v) is 4.02. The van der Waals surface area contributed by atoms with E-state index in [4.69, 9.17) is 9.47 Å². The van der Waals surface area contributed by atoms with Crippen molar-refractivity contribution >= 4 is 27.7 Å². The fourth-order valence-corrected chi connectivity index (χ4v) is 2.93. The molecule has 1 heterocycles. The number of carbonyl (C=O) groups excluding carboxylic acids is 2. The van der Waals surface area contributed by atoms with Crippen LogP contribution in [0.15, 0.2) is 33.6 Å². The number of ketones is 1. The maximum atomic E-state index is 11.8. The molecule has 0 saturated heterocycles. The standard InChI is InChI=1S/C13H13NO6S/c1-3-19-13(16)11(8(2)15)20-12-9-6-4-5-7-10(9)21(17,18)14-12/h4-7,11H,3H2,1-2H3. The van der Waals surface area contributed by atoms with Crippen molar-refractivity contribution in [1.82, 2.24) is 0 Å².